The molecule has 0 aliphatic carbocycles. The average molecular weight is 320 g/mol. The molecule has 0 aliphatic rings. The van der Waals surface area contributed by atoms with Gasteiger partial charge < -0.3 is 9.88 Å². The molecule has 24 heavy (non-hydrogen) atoms. The molecule has 1 N–H and O–H groups in total. The van der Waals surface area contributed by atoms with Gasteiger partial charge in [-0.2, -0.15) is 0 Å². The summed E-state index contributed by atoms with van der Waals surface area (Å²) in [6.07, 6.45) is 3.50. The summed E-state index contributed by atoms with van der Waals surface area (Å²) < 4.78 is 2.11. The molecular formula is C19H20N4O. The molecule has 3 heterocycles. The van der Waals surface area contributed by atoms with Crippen molar-refractivity contribution in [3.63, 3.8) is 0 Å². The van der Waals surface area contributed by atoms with E-state index < -0.39 is 0 Å². The third kappa shape index (κ3) is 3.51. The maximum Gasteiger partial charge on any atom is 0.253 e. The summed E-state index contributed by atoms with van der Waals surface area (Å²) in [5.41, 5.74) is 4.49. The number of amides is 1. The first-order valence-corrected chi connectivity index (χ1v) is 7.90. The summed E-state index contributed by atoms with van der Waals surface area (Å²) in [4.78, 5) is 21.1. The Hall–Kier alpha value is -2.95. The zero-order valence-corrected chi connectivity index (χ0v) is 13.9. The Morgan fingerprint density at radius 1 is 1.04 bits per heavy atom. The zero-order chi connectivity index (χ0) is 16.9. The minimum absolute atomic E-state index is 0.0824. The van der Waals surface area contributed by atoms with Crippen molar-refractivity contribution in [1.29, 1.82) is 0 Å². The lowest BCUT2D eigenvalue weighted by Crippen LogP contribution is -2.23. The van der Waals surface area contributed by atoms with Crippen molar-refractivity contribution < 1.29 is 4.79 Å². The van der Waals surface area contributed by atoms with Crippen molar-refractivity contribution >= 4 is 5.91 Å². The predicted octanol–water partition coefficient (Wildman–Crippen LogP) is 2.87. The first kappa shape index (κ1) is 15.9. The molecule has 122 valence electrons. The molecule has 0 aromatic carbocycles. The number of hydrogen-bond acceptors (Lipinski definition) is 3. The van der Waals surface area contributed by atoms with Crippen LogP contribution in [-0.4, -0.2) is 20.4 Å². The Balaban J connectivity index is 1.74. The fourth-order valence-corrected chi connectivity index (χ4v) is 2.70. The number of rotatable bonds is 5. The van der Waals surface area contributed by atoms with Crippen molar-refractivity contribution in [2.24, 2.45) is 0 Å². The molecule has 0 unspecified atom stereocenters. The van der Waals surface area contributed by atoms with Crippen molar-refractivity contribution in [3.8, 4) is 0 Å². The topological polar surface area (TPSA) is 59.8 Å². The maximum absolute atomic E-state index is 12.5. The van der Waals surface area contributed by atoms with Crippen molar-refractivity contribution in [3.05, 3.63) is 83.2 Å². The molecule has 5 nitrogen and oxygen atoms in total. The maximum atomic E-state index is 12.5. The number of hydrogen-bond donors (Lipinski definition) is 1. The summed E-state index contributed by atoms with van der Waals surface area (Å²) in [5, 5.41) is 2.93. The van der Waals surface area contributed by atoms with Crippen LogP contribution in [0, 0.1) is 13.8 Å². The van der Waals surface area contributed by atoms with Crippen LogP contribution < -0.4 is 5.32 Å². The van der Waals surface area contributed by atoms with E-state index >= 15 is 0 Å². The zero-order valence-electron chi connectivity index (χ0n) is 13.9. The Bertz CT molecular complexity index is 825. The smallest absolute Gasteiger partial charge is 0.253 e. The third-order valence-electron chi connectivity index (χ3n) is 4.02. The lowest BCUT2D eigenvalue weighted by molar-refractivity contribution is 0.0949. The van der Waals surface area contributed by atoms with Gasteiger partial charge in [-0.25, -0.2) is 0 Å². The fraction of sp³-hybridized carbons (Fsp3) is 0.211. The monoisotopic (exact) mass is 320 g/mol. The van der Waals surface area contributed by atoms with E-state index in [1.165, 1.54) is 0 Å². The van der Waals surface area contributed by atoms with Gasteiger partial charge in [0.25, 0.3) is 5.91 Å². The van der Waals surface area contributed by atoms with Crippen molar-refractivity contribution in [2.45, 2.75) is 26.9 Å². The standard InChI is InChI=1S/C19H20N4O/c1-14-11-18(19(24)22-12-16-7-3-5-9-20-16)15(2)23(14)13-17-8-4-6-10-21-17/h3-11H,12-13H2,1-2H3,(H,22,24). The van der Waals surface area contributed by atoms with Gasteiger partial charge in [-0.05, 0) is 44.2 Å². The van der Waals surface area contributed by atoms with Gasteiger partial charge in [0.2, 0.25) is 0 Å². The summed E-state index contributed by atoms with van der Waals surface area (Å²) >= 11 is 0. The van der Waals surface area contributed by atoms with E-state index in [0.717, 1.165) is 22.8 Å². The van der Waals surface area contributed by atoms with Crippen LogP contribution in [0.25, 0.3) is 0 Å². The minimum Gasteiger partial charge on any atom is -0.346 e. The number of aryl methyl sites for hydroxylation is 1. The van der Waals surface area contributed by atoms with Gasteiger partial charge in [-0.15, -0.1) is 0 Å². The summed E-state index contributed by atoms with van der Waals surface area (Å²) in [7, 11) is 0. The van der Waals surface area contributed by atoms with Crippen LogP contribution in [0.1, 0.15) is 33.1 Å². The minimum atomic E-state index is -0.0824. The highest BCUT2D eigenvalue weighted by Crippen LogP contribution is 2.16. The number of nitrogens with zero attached hydrogens (tertiary/aromatic N) is 3. The number of carbonyl (C=O) groups is 1. The van der Waals surface area contributed by atoms with Gasteiger partial charge in [0.1, 0.15) is 0 Å². The predicted molar refractivity (Wildman–Crippen MR) is 92.7 cm³/mol. The van der Waals surface area contributed by atoms with Crippen LogP contribution in [0.2, 0.25) is 0 Å². The van der Waals surface area contributed by atoms with E-state index in [1.807, 2.05) is 56.3 Å². The Morgan fingerprint density at radius 2 is 1.71 bits per heavy atom. The van der Waals surface area contributed by atoms with Crippen molar-refractivity contribution in [2.75, 3.05) is 0 Å². The summed E-state index contributed by atoms with van der Waals surface area (Å²) in [6.45, 7) is 5.05. The highest BCUT2D eigenvalue weighted by atomic mass is 16.1. The molecule has 3 aromatic heterocycles. The molecular weight excluding hydrogens is 300 g/mol. The van der Waals surface area contributed by atoms with E-state index in [-0.39, 0.29) is 5.91 Å². The van der Waals surface area contributed by atoms with Gasteiger partial charge in [-0.1, -0.05) is 12.1 Å². The Morgan fingerprint density at radius 3 is 2.33 bits per heavy atom. The lowest BCUT2D eigenvalue weighted by atomic mass is 10.2. The second-order valence-electron chi connectivity index (χ2n) is 5.70. The second-order valence-corrected chi connectivity index (χ2v) is 5.70. The van der Waals surface area contributed by atoms with Gasteiger partial charge in [0, 0.05) is 23.8 Å². The molecule has 0 fully saturated rings. The summed E-state index contributed by atoms with van der Waals surface area (Å²) in [6, 6.07) is 13.4. The molecule has 0 bridgehead atoms. The van der Waals surface area contributed by atoms with Crippen LogP contribution in [0.15, 0.2) is 54.9 Å². The van der Waals surface area contributed by atoms with Crippen LogP contribution in [-0.2, 0) is 13.1 Å². The summed E-state index contributed by atoms with van der Waals surface area (Å²) in [5.74, 6) is -0.0824. The van der Waals surface area contributed by atoms with E-state index in [2.05, 4.69) is 19.9 Å². The largest absolute Gasteiger partial charge is 0.346 e. The first-order valence-electron chi connectivity index (χ1n) is 7.90. The molecule has 0 atom stereocenters. The van der Waals surface area contributed by atoms with Crippen LogP contribution >= 0.6 is 0 Å². The van der Waals surface area contributed by atoms with Crippen molar-refractivity contribution in [1.82, 2.24) is 19.9 Å². The fourth-order valence-electron chi connectivity index (χ4n) is 2.70. The molecule has 0 aliphatic heterocycles. The molecule has 0 radical (unpaired) electrons. The molecule has 3 rings (SSSR count). The van der Waals surface area contributed by atoms with E-state index in [1.54, 1.807) is 12.4 Å². The molecule has 0 saturated heterocycles. The van der Waals surface area contributed by atoms with Crippen LogP contribution in [0.3, 0.4) is 0 Å². The van der Waals surface area contributed by atoms with Crippen LogP contribution in [0.4, 0.5) is 0 Å². The molecule has 3 aromatic rings. The highest BCUT2D eigenvalue weighted by Gasteiger charge is 2.16. The number of aromatic nitrogens is 3. The van der Waals surface area contributed by atoms with Gasteiger partial charge in [0.15, 0.2) is 0 Å². The highest BCUT2D eigenvalue weighted by molar-refractivity contribution is 5.95. The van der Waals surface area contributed by atoms with E-state index in [0.29, 0.717) is 18.7 Å². The van der Waals surface area contributed by atoms with E-state index in [4.69, 9.17) is 0 Å². The first-order chi connectivity index (χ1) is 11.6. The molecule has 5 heteroatoms. The Labute approximate surface area is 141 Å². The quantitative estimate of drug-likeness (QED) is 0.786. The molecule has 0 spiro atoms. The average Bonchev–Trinajstić information content (AvgIpc) is 2.90. The molecule has 1 amide bonds. The van der Waals surface area contributed by atoms with Gasteiger partial charge >= 0.3 is 0 Å². The second kappa shape index (κ2) is 7.08. The van der Waals surface area contributed by atoms with Crippen LogP contribution in [0.5, 0.6) is 0 Å². The SMILES string of the molecule is Cc1cc(C(=O)NCc2ccccn2)c(C)n1Cc1ccccn1. The van der Waals surface area contributed by atoms with Gasteiger partial charge in [0.05, 0.1) is 30.0 Å². The number of pyridine rings is 2. The number of carbonyl (C=O) groups excluding carboxylic acids is 1. The lowest BCUT2D eigenvalue weighted by Gasteiger charge is -2.09. The Kier molecular flexibility index (Phi) is 4.70. The normalized spacial score (nSPS) is 10.6. The molecule has 0 saturated carbocycles. The third-order valence-corrected chi connectivity index (χ3v) is 4.02. The van der Waals surface area contributed by atoms with E-state index in [9.17, 15) is 4.79 Å². The number of nitrogens with one attached hydrogen (secondary N) is 1. The van der Waals surface area contributed by atoms with Gasteiger partial charge in [-0.3, -0.25) is 14.8 Å².